The van der Waals surface area contributed by atoms with Crippen molar-refractivity contribution < 1.29 is 17.7 Å². The molecule has 1 saturated heterocycles. The van der Waals surface area contributed by atoms with E-state index in [-0.39, 0.29) is 16.1 Å². The van der Waals surface area contributed by atoms with Crippen LogP contribution in [0.3, 0.4) is 0 Å². The molecule has 0 unspecified atom stereocenters. The summed E-state index contributed by atoms with van der Waals surface area (Å²) in [6.07, 6.45) is 0.996. The normalized spacial score (nSPS) is 14.6. The third kappa shape index (κ3) is 3.75. The predicted octanol–water partition coefficient (Wildman–Crippen LogP) is 2.34. The fraction of sp³-hybridized carbons (Fsp3) is 0.278. The SMILES string of the molecule is CS(=O)(=O)c1ccc(N2CCN(c3cccc(F)c3C#N)CC2)c([N+](=O)[O-])c1. The number of benzene rings is 2. The summed E-state index contributed by atoms with van der Waals surface area (Å²) in [6.45, 7) is 1.67. The first-order valence-electron chi connectivity index (χ1n) is 8.39. The topological polar surface area (TPSA) is 108 Å². The Morgan fingerprint density at radius 3 is 2.25 bits per heavy atom. The van der Waals surface area contributed by atoms with E-state index >= 15 is 0 Å². The highest BCUT2D eigenvalue weighted by molar-refractivity contribution is 7.90. The van der Waals surface area contributed by atoms with Crippen LogP contribution in [0.25, 0.3) is 0 Å². The molecule has 1 heterocycles. The van der Waals surface area contributed by atoms with E-state index in [1.807, 2.05) is 11.0 Å². The van der Waals surface area contributed by atoms with Gasteiger partial charge in [-0.3, -0.25) is 10.1 Å². The van der Waals surface area contributed by atoms with Gasteiger partial charge in [-0.05, 0) is 24.3 Å². The first kappa shape index (κ1) is 19.6. The van der Waals surface area contributed by atoms with Gasteiger partial charge in [0.15, 0.2) is 9.84 Å². The summed E-state index contributed by atoms with van der Waals surface area (Å²) >= 11 is 0. The summed E-state index contributed by atoms with van der Waals surface area (Å²) in [5.74, 6) is -0.588. The average molecular weight is 404 g/mol. The largest absolute Gasteiger partial charge is 0.367 e. The van der Waals surface area contributed by atoms with Crippen LogP contribution in [0.2, 0.25) is 0 Å². The lowest BCUT2D eigenvalue weighted by atomic mass is 10.1. The smallest absolute Gasteiger partial charge is 0.293 e. The van der Waals surface area contributed by atoms with Crippen LogP contribution < -0.4 is 9.80 Å². The van der Waals surface area contributed by atoms with Gasteiger partial charge in [0, 0.05) is 38.5 Å². The first-order chi connectivity index (χ1) is 13.2. The Morgan fingerprint density at radius 1 is 1.11 bits per heavy atom. The molecular formula is C18H17FN4O4S. The van der Waals surface area contributed by atoms with Crippen LogP contribution in [0.15, 0.2) is 41.3 Å². The van der Waals surface area contributed by atoms with E-state index in [1.54, 1.807) is 11.0 Å². The minimum Gasteiger partial charge on any atom is -0.367 e. The molecular weight excluding hydrogens is 387 g/mol. The lowest BCUT2D eigenvalue weighted by Gasteiger charge is -2.37. The molecule has 0 radical (unpaired) electrons. The van der Waals surface area contributed by atoms with Gasteiger partial charge in [0.05, 0.1) is 15.5 Å². The van der Waals surface area contributed by atoms with Crippen molar-refractivity contribution >= 4 is 26.9 Å². The number of anilines is 2. The molecule has 2 aromatic rings. The second kappa shape index (κ2) is 7.44. The monoisotopic (exact) mass is 404 g/mol. The molecule has 1 aliphatic rings. The Balaban J connectivity index is 1.85. The number of hydrogen-bond donors (Lipinski definition) is 0. The van der Waals surface area contributed by atoms with E-state index in [1.165, 1.54) is 24.3 Å². The van der Waals surface area contributed by atoms with Crippen molar-refractivity contribution in [2.45, 2.75) is 4.90 Å². The van der Waals surface area contributed by atoms with Gasteiger partial charge in [-0.15, -0.1) is 0 Å². The lowest BCUT2D eigenvalue weighted by molar-refractivity contribution is -0.384. The number of nitriles is 1. The molecule has 146 valence electrons. The molecule has 10 heteroatoms. The van der Waals surface area contributed by atoms with Crippen molar-refractivity contribution in [3.8, 4) is 6.07 Å². The van der Waals surface area contributed by atoms with Crippen LogP contribution in [0, 0.1) is 27.3 Å². The first-order valence-corrected chi connectivity index (χ1v) is 10.3. The van der Waals surface area contributed by atoms with Crippen LogP contribution in [0.5, 0.6) is 0 Å². The van der Waals surface area contributed by atoms with Crippen LogP contribution in [-0.2, 0) is 9.84 Å². The number of hydrogen-bond acceptors (Lipinski definition) is 7. The molecule has 3 rings (SSSR count). The number of nitro groups is 1. The summed E-state index contributed by atoms with van der Waals surface area (Å²) in [5.41, 5.74) is 0.514. The predicted molar refractivity (Wildman–Crippen MR) is 102 cm³/mol. The molecule has 2 aromatic carbocycles. The number of piperazine rings is 1. The zero-order chi connectivity index (χ0) is 20.5. The zero-order valence-corrected chi connectivity index (χ0v) is 15.8. The Kier molecular flexibility index (Phi) is 5.20. The minimum absolute atomic E-state index is 0.0283. The summed E-state index contributed by atoms with van der Waals surface area (Å²) in [6, 6.07) is 10.2. The number of nitrogens with zero attached hydrogens (tertiary/aromatic N) is 4. The third-order valence-electron chi connectivity index (χ3n) is 4.64. The number of nitro benzene ring substituents is 1. The fourth-order valence-corrected chi connectivity index (χ4v) is 3.86. The molecule has 1 aliphatic heterocycles. The number of rotatable bonds is 4. The van der Waals surface area contributed by atoms with Crippen molar-refractivity contribution in [1.82, 2.24) is 0 Å². The minimum atomic E-state index is -3.56. The van der Waals surface area contributed by atoms with Gasteiger partial charge in [0.1, 0.15) is 23.1 Å². The highest BCUT2D eigenvalue weighted by Gasteiger charge is 2.26. The average Bonchev–Trinajstić information content (AvgIpc) is 2.66. The maximum Gasteiger partial charge on any atom is 0.293 e. The van der Waals surface area contributed by atoms with Crippen molar-refractivity contribution in [2.24, 2.45) is 0 Å². The fourth-order valence-electron chi connectivity index (χ4n) is 3.22. The number of halogens is 1. The van der Waals surface area contributed by atoms with Gasteiger partial charge in [-0.2, -0.15) is 5.26 Å². The van der Waals surface area contributed by atoms with Gasteiger partial charge in [0.2, 0.25) is 0 Å². The molecule has 0 atom stereocenters. The van der Waals surface area contributed by atoms with Gasteiger partial charge < -0.3 is 9.80 Å². The van der Waals surface area contributed by atoms with E-state index in [0.29, 0.717) is 37.6 Å². The second-order valence-corrected chi connectivity index (χ2v) is 8.42. The highest BCUT2D eigenvalue weighted by Crippen LogP contribution is 2.32. The maximum absolute atomic E-state index is 13.8. The Hall–Kier alpha value is -3.19. The third-order valence-corrected chi connectivity index (χ3v) is 5.75. The molecule has 0 aromatic heterocycles. The van der Waals surface area contributed by atoms with Crippen LogP contribution in [0.4, 0.5) is 21.5 Å². The highest BCUT2D eigenvalue weighted by atomic mass is 32.2. The van der Waals surface area contributed by atoms with E-state index < -0.39 is 20.6 Å². The molecule has 0 aliphatic carbocycles. The quantitative estimate of drug-likeness (QED) is 0.568. The van der Waals surface area contributed by atoms with Crippen molar-refractivity contribution in [2.75, 3.05) is 42.2 Å². The van der Waals surface area contributed by atoms with Gasteiger partial charge >= 0.3 is 0 Å². The van der Waals surface area contributed by atoms with Crippen LogP contribution in [0.1, 0.15) is 5.56 Å². The van der Waals surface area contributed by atoms with E-state index in [2.05, 4.69) is 0 Å². The standard InChI is InChI=1S/C18H17FN4O4S/c1-28(26,27)13-5-6-17(18(11-13)23(24)25)22-9-7-21(8-10-22)16-4-2-3-15(19)14(16)12-20/h2-6,11H,7-10H2,1H3. The molecule has 0 saturated carbocycles. The molecule has 28 heavy (non-hydrogen) atoms. The summed E-state index contributed by atoms with van der Waals surface area (Å²) in [5, 5.41) is 20.6. The molecule has 0 amide bonds. The van der Waals surface area contributed by atoms with Crippen molar-refractivity contribution in [3.05, 3.63) is 57.9 Å². The molecule has 0 bridgehead atoms. The van der Waals surface area contributed by atoms with E-state index in [9.17, 15) is 28.2 Å². The molecule has 8 nitrogen and oxygen atoms in total. The lowest BCUT2D eigenvalue weighted by Crippen LogP contribution is -2.47. The second-order valence-electron chi connectivity index (χ2n) is 6.40. The maximum atomic E-state index is 13.8. The molecule has 1 fully saturated rings. The Bertz CT molecular complexity index is 1070. The summed E-state index contributed by atoms with van der Waals surface area (Å²) in [7, 11) is -3.56. The van der Waals surface area contributed by atoms with E-state index in [0.717, 1.165) is 12.3 Å². The Labute approximate surface area is 161 Å². The van der Waals surface area contributed by atoms with Crippen LogP contribution in [-0.4, -0.2) is 45.8 Å². The van der Waals surface area contributed by atoms with Gasteiger partial charge in [0.25, 0.3) is 5.69 Å². The van der Waals surface area contributed by atoms with Crippen LogP contribution >= 0.6 is 0 Å². The number of sulfone groups is 1. The Morgan fingerprint density at radius 2 is 1.71 bits per heavy atom. The summed E-state index contributed by atoms with van der Waals surface area (Å²) in [4.78, 5) is 14.4. The van der Waals surface area contributed by atoms with Crippen molar-refractivity contribution in [3.63, 3.8) is 0 Å². The zero-order valence-electron chi connectivity index (χ0n) is 15.0. The van der Waals surface area contributed by atoms with Gasteiger partial charge in [-0.25, -0.2) is 12.8 Å². The van der Waals surface area contributed by atoms with Crippen molar-refractivity contribution in [1.29, 1.82) is 5.26 Å². The van der Waals surface area contributed by atoms with Gasteiger partial charge in [-0.1, -0.05) is 6.07 Å². The molecule has 0 N–H and O–H groups in total. The molecule has 0 spiro atoms. The van der Waals surface area contributed by atoms with E-state index in [4.69, 9.17) is 0 Å². The summed E-state index contributed by atoms with van der Waals surface area (Å²) < 4.78 is 37.2.